The van der Waals surface area contributed by atoms with E-state index in [1.54, 1.807) is 11.3 Å². The van der Waals surface area contributed by atoms with Crippen molar-refractivity contribution in [2.24, 2.45) is 0 Å². The van der Waals surface area contributed by atoms with E-state index < -0.39 is 0 Å². The lowest BCUT2D eigenvalue weighted by Crippen LogP contribution is -1.88. The molecule has 3 rings (SSSR count). The maximum absolute atomic E-state index is 3.41. The highest BCUT2D eigenvalue weighted by Gasteiger charge is 2.01. The van der Waals surface area contributed by atoms with Gasteiger partial charge in [-0.15, -0.1) is 11.3 Å². The number of nitrogens with one attached hydrogen (secondary N) is 1. The van der Waals surface area contributed by atoms with Crippen LogP contribution in [-0.4, -0.2) is 0 Å². The summed E-state index contributed by atoms with van der Waals surface area (Å²) in [6, 6.07) is 21.0. The van der Waals surface area contributed by atoms with Crippen molar-refractivity contribution in [2.45, 2.75) is 6.92 Å². The van der Waals surface area contributed by atoms with Crippen LogP contribution in [0, 0.1) is 0 Å². The molecule has 0 amide bonds. The van der Waals surface area contributed by atoms with Gasteiger partial charge < -0.3 is 5.32 Å². The first-order valence-corrected chi connectivity index (χ1v) is 8.53. The molecule has 0 bridgehead atoms. The molecule has 0 aliphatic carbocycles. The van der Waals surface area contributed by atoms with Gasteiger partial charge in [0.05, 0.1) is 0 Å². The monoisotopic (exact) mass is 317 g/mol. The summed E-state index contributed by atoms with van der Waals surface area (Å²) in [5.41, 5.74) is 4.70. The Hall–Kier alpha value is -2.58. The molecular formula is C21H19NS. The van der Waals surface area contributed by atoms with Crippen molar-refractivity contribution in [2.75, 3.05) is 5.32 Å². The van der Waals surface area contributed by atoms with Crippen LogP contribution in [0.25, 0.3) is 16.5 Å². The lowest BCUT2D eigenvalue weighted by molar-refractivity contribution is 1.55. The van der Waals surface area contributed by atoms with Gasteiger partial charge in [-0.05, 0) is 53.8 Å². The lowest BCUT2D eigenvalue weighted by Gasteiger charge is -2.06. The summed E-state index contributed by atoms with van der Waals surface area (Å²) in [7, 11) is 0. The Morgan fingerprint density at radius 1 is 0.870 bits per heavy atom. The maximum atomic E-state index is 3.41. The van der Waals surface area contributed by atoms with Crippen LogP contribution in [0.15, 0.2) is 84.3 Å². The molecule has 1 heterocycles. The highest BCUT2D eigenvalue weighted by molar-refractivity contribution is 7.13. The summed E-state index contributed by atoms with van der Waals surface area (Å²) >= 11 is 1.77. The minimum absolute atomic E-state index is 1.10. The largest absolute Gasteiger partial charge is 0.356 e. The molecular weight excluding hydrogens is 298 g/mol. The lowest BCUT2D eigenvalue weighted by atomic mass is 10.1. The summed E-state index contributed by atoms with van der Waals surface area (Å²) in [4.78, 5) is 1.29. The number of hydrogen-bond acceptors (Lipinski definition) is 2. The maximum Gasteiger partial charge on any atom is 0.0384 e. The van der Waals surface area contributed by atoms with E-state index >= 15 is 0 Å². The van der Waals surface area contributed by atoms with E-state index in [-0.39, 0.29) is 0 Å². The average Bonchev–Trinajstić information content (AvgIpc) is 3.06. The van der Waals surface area contributed by atoms with E-state index in [2.05, 4.69) is 65.3 Å². The molecule has 0 aliphatic heterocycles. The fraction of sp³-hybridized carbons (Fsp3) is 0.0476. The van der Waals surface area contributed by atoms with Crippen LogP contribution in [0.3, 0.4) is 0 Å². The first-order valence-electron chi connectivity index (χ1n) is 7.65. The fourth-order valence-electron chi connectivity index (χ4n) is 2.27. The number of rotatable bonds is 5. The zero-order valence-corrected chi connectivity index (χ0v) is 13.9. The van der Waals surface area contributed by atoms with Crippen LogP contribution < -0.4 is 5.32 Å². The predicted octanol–water partition coefficient (Wildman–Crippen LogP) is 6.75. The fourth-order valence-corrected chi connectivity index (χ4v) is 3.16. The van der Waals surface area contributed by atoms with Crippen LogP contribution in [0.2, 0.25) is 0 Å². The molecule has 0 atom stereocenters. The first-order chi connectivity index (χ1) is 11.3. The molecule has 2 aromatic carbocycles. The van der Waals surface area contributed by atoms with Gasteiger partial charge in [0, 0.05) is 16.3 Å². The van der Waals surface area contributed by atoms with Gasteiger partial charge in [-0.25, -0.2) is 0 Å². The third-order valence-corrected chi connectivity index (χ3v) is 4.44. The average molecular weight is 317 g/mol. The van der Waals surface area contributed by atoms with Gasteiger partial charge in [-0.1, -0.05) is 54.6 Å². The molecule has 0 spiro atoms. The molecule has 0 saturated carbocycles. The second kappa shape index (κ2) is 7.61. The van der Waals surface area contributed by atoms with E-state index in [4.69, 9.17) is 0 Å². The van der Waals surface area contributed by atoms with Crippen LogP contribution in [-0.2, 0) is 0 Å². The van der Waals surface area contributed by atoms with Gasteiger partial charge in [-0.3, -0.25) is 0 Å². The third-order valence-electron chi connectivity index (χ3n) is 3.44. The molecule has 23 heavy (non-hydrogen) atoms. The van der Waals surface area contributed by atoms with Crippen molar-refractivity contribution < 1.29 is 0 Å². The Labute approximate surface area is 141 Å². The normalized spacial score (nSPS) is 11.3. The summed E-state index contributed by atoms with van der Waals surface area (Å²) in [5.74, 6) is 0. The van der Waals surface area contributed by atoms with Gasteiger partial charge in [0.1, 0.15) is 0 Å². The molecule has 0 aliphatic rings. The van der Waals surface area contributed by atoms with Gasteiger partial charge in [0.25, 0.3) is 0 Å². The highest BCUT2D eigenvalue weighted by Crippen LogP contribution is 2.29. The van der Waals surface area contributed by atoms with Crippen LogP contribution in [0.1, 0.15) is 12.5 Å². The Morgan fingerprint density at radius 2 is 1.61 bits per heavy atom. The van der Waals surface area contributed by atoms with Crippen LogP contribution in [0.4, 0.5) is 11.4 Å². The number of benzene rings is 2. The van der Waals surface area contributed by atoms with Crippen LogP contribution in [0.5, 0.6) is 0 Å². The van der Waals surface area contributed by atoms with Crippen molar-refractivity contribution in [3.05, 3.63) is 89.8 Å². The summed E-state index contributed by atoms with van der Waals surface area (Å²) in [5, 5.41) is 5.59. The number of hydrogen-bond donors (Lipinski definition) is 1. The molecule has 0 radical (unpaired) electrons. The Morgan fingerprint density at radius 3 is 2.35 bits per heavy atom. The van der Waals surface area contributed by atoms with Gasteiger partial charge in [0.15, 0.2) is 0 Å². The van der Waals surface area contributed by atoms with Gasteiger partial charge in [0.2, 0.25) is 0 Å². The second-order valence-corrected chi connectivity index (χ2v) is 6.11. The smallest absolute Gasteiger partial charge is 0.0384 e. The highest BCUT2D eigenvalue weighted by atomic mass is 32.1. The Bertz CT molecular complexity index is 795. The standard InChI is InChI=1S/C21H19NS/c1-2-3-5-8-17-15-21(23-16-17)18-11-13-20(14-12-18)22-19-9-6-4-7-10-19/h2-16,22H,1H3/b3-2-,8-5-. The van der Waals surface area contributed by atoms with E-state index in [1.165, 1.54) is 16.0 Å². The number of para-hydroxylation sites is 1. The summed E-state index contributed by atoms with van der Waals surface area (Å²) < 4.78 is 0. The van der Waals surface area contributed by atoms with Gasteiger partial charge >= 0.3 is 0 Å². The van der Waals surface area contributed by atoms with Crippen molar-refractivity contribution in [1.29, 1.82) is 0 Å². The minimum Gasteiger partial charge on any atom is -0.356 e. The van der Waals surface area contributed by atoms with Crippen molar-refractivity contribution >= 4 is 28.8 Å². The predicted molar refractivity (Wildman–Crippen MR) is 103 cm³/mol. The molecule has 2 heteroatoms. The van der Waals surface area contributed by atoms with Crippen LogP contribution >= 0.6 is 11.3 Å². The Kier molecular flexibility index (Phi) is 5.07. The van der Waals surface area contributed by atoms with E-state index in [0.29, 0.717) is 0 Å². The molecule has 3 aromatic rings. The van der Waals surface area contributed by atoms with Crippen molar-refractivity contribution in [3.63, 3.8) is 0 Å². The van der Waals surface area contributed by atoms with E-state index in [9.17, 15) is 0 Å². The van der Waals surface area contributed by atoms with Crippen molar-refractivity contribution in [3.8, 4) is 10.4 Å². The zero-order chi connectivity index (χ0) is 15.9. The molecule has 1 aromatic heterocycles. The van der Waals surface area contributed by atoms with E-state index in [0.717, 1.165) is 11.4 Å². The first kappa shape index (κ1) is 15.3. The molecule has 1 nitrogen and oxygen atoms in total. The molecule has 114 valence electrons. The quantitative estimate of drug-likeness (QED) is 0.513. The summed E-state index contributed by atoms with van der Waals surface area (Å²) in [6.45, 7) is 2.02. The minimum atomic E-state index is 1.10. The topological polar surface area (TPSA) is 12.0 Å². The molecule has 0 unspecified atom stereocenters. The van der Waals surface area contributed by atoms with E-state index in [1.807, 2.05) is 37.3 Å². The van der Waals surface area contributed by atoms with Crippen molar-refractivity contribution in [1.82, 2.24) is 0 Å². The third kappa shape index (κ3) is 4.21. The number of anilines is 2. The number of thiophene rings is 1. The summed E-state index contributed by atoms with van der Waals surface area (Å²) in [6.07, 6.45) is 8.27. The SMILES string of the molecule is C/C=C\C=C/c1csc(-c2ccc(Nc3ccccc3)cc2)c1. The van der Waals surface area contributed by atoms with Gasteiger partial charge in [-0.2, -0.15) is 0 Å². The molecule has 0 fully saturated rings. The second-order valence-electron chi connectivity index (χ2n) is 5.20. The molecule has 0 saturated heterocycles. The zero-order valence-electron chi connectivity index (χ0n) is 13.1. The Balaban J connectivity index is 1.72. The number of allylic oxidation sites excluding steroid dienone is 3. The molecule has 1 N–H and O–H groups in total.